The van der Waals surface area contributed by atoms with Gasteiger partial charge in [-0.2, -0.15) is 8.42 Å². The summed E-state index contributed by atoms with van der Waals surface area (Å²) in [5.74, 6) is -0.600. The molecule has 0 aliphatic rings. The molecule has 0 aliphatic heterocycles. The molecule has 0 atom stereocenters. The lowest BCUT2D eigenvalue weighted by atomic mass is 10.2. The third-order valence-corrected chi connectivity index (χ3v) is 4.21. The maximum Gasteiger partial charge on any atom is 0.297 e. The van der Waals surface area contributed by atoms with E-state index in [0.29, 0.717) is 0 Å². The van der Waals surface area contributed by atoms with Crippen LogP contribution in [0, 0.1) is 12.7 Å². The van der Waals surface area contributed by atoms with Crippen LogP contribution in [0.4, 0.5) is 4.39 Å². The Kier molecular flexibility index (Phi) is 4.42. The van der Waals surface area contributed by atoms with Crippen LogP contribution >= 0.6 is 11.6 Å². The van der Waals surface area contributed by atoms with Crippen molar-refractivity contribution < 1.29 is 17.0 Å². The van der Waals surface area contributed by atoms with Crippen LogP contribution in [-0.2, 0) is 20.9 Å². The average Bonchev–Trinajstić information content (AvgIpc) is 2.38. The first-order chi connectivity index (χ1) is 9.38. The Morgan fingerprint density at radius 3 is 2.40 bits per heavy atom. The average molecular weight is 315 g/mol. The summed E-state index contributed by atoms with van der Waals surface area (Å²) in [4.78, 5) is 0.0393. The van der Waals surface area contributed by atoms with Gasteiger partial charge >= 0.3 is 0 Å². The molecule has 0 fully saturated rings. The van der Waals surface area contributed by atoms with Gasteiger partial charge in [0.1, 0.15) is 5.82 Å². The predicted octanol–water partition coefficient (Wildman–Crippen LogP) is 3.69. The Balaban J connectivity index is 2.15. The standard InChI is InChI=1S/C14H12ClFO3S/c1-10-2-6-13(7-3-10)20(17,18)19-9-11-4-5-12(15)8-14(11)16/h2-8H,9H2,1H3. The molecule has 2 aromatic carbocycles. The second-order valence-corrected chi connectivity index (χ2v) is 6.32. The monoisotopic (exact) mass is 314 g/mol. The zero-order valence-electron chi connectivity index (χ0n) is 10.6. The van der Waals surface area contributed by atoms with Gasteiger partial charge in [0.2, 0.25) is 0 Å². The highest BCUT2D eigenvalue weighted by molar-refractivity contribution is 7.86. The van der Waals surface area contributed by atoms with E-state index >= 15 is 0 Å². The van der Waals surface area contributed by atoms with Crippen LogP contribution in [-0.4, -0.2) is 8.42 Å². The molecule has 0 aromatic heterocycles. The fourth-order valence-corrected chi connectivity index (χ4v) is 2.60. The first kappa shape index (κ1) is 15.0. The van der Waals surface area contributed by atoms with E-state index in [1.807, 2.05) is 6.92 Å². The van der Waals surface area contributed by atoms with Gasteiger partial charge in [-0.3, -0.25) is 4.18 Å². The summed E-state index contributed by atoms with van der Waals surface area (Å²) in [6.45, 7) is 1.47. The van der Waals surface area contributed by atoms with E-state index in [0.717, 1.165) is 11.6 Å². The molecule has 2 aromatic rings. The maximum absolute atomic E-state index is 13.5. The Morgan fingerprint density at radius 2 is 1.80 bits per heavy atom. The quantitative estimate of drug-likeness (QED) is 0.808. The van der Waals surface area contributed by atoms with Crippen LogP contribution in [0.5, 0.6) is 0 Å². The van der Waals surface area contributed by atoms with E-state index in [4.69, 9.17) is 15.8 Å². The summed E-state index contributed by atoms with van der Waals surface area (Å²) in [5, 5.41) is 0.243. The molecule has 3 nitrogen and oxygen atoms in total. The number of hydrogen-bond acceptors (Lipinski definition) is 3. The van der Waals surface area contributed by atoms with Gasteiger partial charge in [0, 0.05) is 10.6 Å². The second-order valence-electron chi connectivity index (χ2n) is 4.27. The van der Waals surface area contributed by atoms with Crippen molar-refractivity contribution in [3.05, 3.63) is 64.4 Å². The number of rotatable bonds is 4. The molecule has 20 heavy (non-hydrogen) atoms. The van der Waals surface area contributed by atoms with Crippen molar-refractivity contribution in [2.24, 2.45) is 0 Å². The molecular formula is C14H12ClFO3S. The van der Waals surface area contributed by atoms with Crippen LogP contribution in [0.25, 0.3) is 0 Å². The Bertz CT molecular complexity index is 712. The molecule has 0 aliphatic carbocycles. The maximum atomic E-state index is 13.5. The highest BCUT2D eigenvalue weighted by atomic mass is 35.5. The van der Waals surface area contributed by atoms with Gasteiger partial charge in [-0.1, -0.05) is 35.4 Å². The van der Waals surface area contributed by atoms with Gasteiger partial charge in [0.05, 0.1) is 11.5 Å². The molecule has 6 heteroatoms. The van der Waals surface area contributed by atoms with Crippen molar-refractivity contribution in [3.63, 3.8) is 0 Å². The van der Waals surface area contributed by atoms with Gasteiger partial charge in [0.15, 0.2) is 0 Å². The van der Waals surface area contributed by atoms with Crippen molar-refractivity contribution in [2.75, 3.05) is 0 Å². The summed E-state index contributed by atoms with van der Waals surface area (Å²) in [7, 11) is -3.90. The minimum atomic E-state index is -3.90. The lowest BCUT2D eigenvalue weighted by molar-refractivity contribution is 0.302. The number of aryl methyl sites for hydroxylation is 1. The van der Waals surface area contributed by atoms with E-state index in [2.05, 4.69) is 0 Å². The Morgan fingerprint density at radius 1 is 1.15 bits per heavy atom. The molecule has 0 radical (unpaired) electrons. The van der Waals surface area contributed by atoms with Crippen molar-refractivity contribution in [2.45, 2.75) is 18.4 Å². The lowest BCUT2D eigenvalue weighted by Gasteiger charge is -2.07. The summed E-state index contributed by atoms with van der Waals surface area (Å²) in [5.41, 5.74) is 1.07. The molecule has 0 unspecified atom stereocenters. The zero-order chi connectivity index (χ0) is 14.8. The molecular weight excluding hydrogens is 303 g/mol. The van der Waals surface area contributed by atoms with E-state index in [9.17, 15) is 12.8 Å². The lowest BCUT2D eigenvalue weighted by Crippen LogP contribution is -2.07. The van der Waals surface area contributed by atoms with E-state index in [1.54, 1.807) is 12.1 Å². The molecule has 0 saturated heterocycles. The molecule has 0 amide bonds. The predicted molar refractivity (Wildman–Crippen MR) is 74.6 cm³/mol. The highest BCUT2D eigenvalue weighted by Gasteiger charge is 2.16. The molecule has 0 N–H and O–H groups in total. The molecule has 0 heterocycles. The smallest absolute Gasteiger partial charge is 0.261 e. The van der Waals surface area contributed by atoms with Crippen molar-refractivity contribution >= 4 is 21.7 Å². The number of benzene rings is 2. The third kappa shape index (κ3) is 3.56. The normalized spacial score (nSPS) is 11.6. The Labute approximate surface area is 122 Å². The summed E-state index contributed by atoms with van der Waals surface area (Å²) < 4.78 is 42.2. The van der Waals surface area contributed by atoms with E-state index in [-0.39, 0.29) is 22.1 Å². The number of halogens is 2. The third-order valence-electron chi connectivity index (χ3n) is 2.69. The van der Waals surface area contributed by atoms with Crippen molar-refractivity contribution in [1.29, 1.82) is 0 Å². The molecule has 0 bridgehead atoms. The summed E-state index contributed by atoms with van der Waals surface area (Å²) >= 11 is 5.62. The van der Waals surface area contributed by atoms with Crippen LogP contribution in [0.1, 0.15) is 11.1 Å². The van der Waals surface area contributed by atoms with Gasteiger partial charge in [0.25, 0.3) is 10.1 Å². The van der Waals surface area contributed by atoms with Crippen LogP contribution in [0.15, 0.2) is 47.4 Å². The molecule has 0 spiro atoms. The van der Waals surface area contributed by atoms with Gasteiger partial charge in [-0.15, -0.1) is 0 Å². The topological polar surface area (TPSA) is 43.4 Å². The van der Waals surface area contributed by atoms with E-state index in [1.165, 1.54) is 24.3 Å². The van der Waals surface area contributed by atoms with Gasteiger partial charge < -0.3 is 0 Å². The van der Waals surface area contributed by atoms with Crippen LogP contribution in [0.3, 0.4) is 0 Å². The van der Waals surface area contributed by atoms with Crippen LogP contribution in [0.2, 0.25) is 5.02 Å². The zero-order valence-corrected chi connectivity index (χ0v) is 12.2. The second kappa shape index (κ2) is 5.91. The fraction of sp³-hybridized carbons (Fsp3) is 0.143. The van der Waals surface area contributed by atoms with E-state index < -0.39 is 15.9 Å². The SMILES string of the molecule is Cc1ccc(S(=O)(=O)OCc2ccc(Cl)cc2F)cc1. The Hall–Kier alpha value is -1.43. The van der Waals surface area contributed by atoms with Crippen molar-refractivity contribution in [3.8, 4) is 0 Å². The van der Waals surface area contributed by atoms with Gasteiger partial charge in [-0.25, -0.2) is 4.39 Å². The summed E-state index contributed by atoms with van der Waals surface area (Å²) in [6.07, 6.45) is 0. The minimum absolute atomic E-state index is 0.0393. The van der Waals surface area contributed by atoms with Crippen molar-refractivity contribution in [1.82, 2.24) is 0 Å². The highest BCUT2D eigenvalue weighted by Crippen LogP contribution is 2.19. The first-order valence-corrected chi connectivity index (χ1v) is 7.57. The fourth-order valence-electron chi connectivity index (χ4n) is 1.55. The minimum Gasteiger partial charge on any atom is -0.261 e. The van der Waals surface area contributed by atoms with Crippen LogP contribution < -0.4 is 0 Å². The molecule has 2 rings (SSSR count). The number of hydrogen-bond donors (Lipinski definition) is 0. The largest absolute Gasteiger partial charge is 0.297 e. The summed E-state index contributed by atoms with van der Waals surface area (Å²) in [6, 6.07) is 10.2. The molecule has 106 valence electrons. The molecule has 0 saturated carbocycles. The van der Waals surface area contributed by atoms with Gasteiger partial charge in [-0.05, 0) is 31.2 Å². The first-order valence-electron chi connectivity index (χ1n) is 5.78.